The van der Waals surface area contributed by atoms with Crippen LogP contribution in [0.4, 0.5) is 4.79 Å². The van der Waals surface area contributed by atoms with Crippen LogP contribution in [0.3, 0.4) is 0 Å². The van der Waals surface area contributed by atoms with E-state index in [1.54, 1.807) is 0 Å². The molecule has 1 aromatic rings. The Hall–Kier alpha value is -1.55. The van der Waals surface area contributed by atoms with Crippen LogP contribution in [-0.2, 0) is 11.3 Å². The summed E-state index contributed by atoms with van der Waals surface area (Å²) in [7, 11) is 0. The van der Waals surface area contributed by atoms with Crippen LogP contribution < -0.4 is 0 Å². The van der Waals surface area contributed by atoms with Crippen LogP contribution in [0.25, 0.3) is 0 Å². The molecule has 1 aromatic carbocycles. The van der Waals surface area contributed by atoms with Crippen LogP contribution >= 0.6 is 0 Å². The molecule has 2 atom stereocenters. The molecule has 21 heavy (non-hydrogen) atoms. The zero-order valence-electron chi connectivity index (χ0n) is 12.3. The molecule has 0 spiro atoms. The van der Waals surface area contributed by atoms with Gasteiger partial charge in [0.2, 0.25) is 0 Å². The Kier molecular flexibility index (Phi) is 4.44. The number of rotatable bonds is 4. The van der Waals surface area contributed by atoms with Gasteiger partial charge in [-0.25, -0.2) is 4.79 Å². The van der Waals surface area contributed by atoms with Crippen molar-refractivity contribution in [3.8, 4) is 0 Å². The molecule has 0 bridgehead atoms. The van der Waals surface area contributed by atoms with Crippen molar-refractivity contribution >= 4 is 6.09 Å². The van der Waals surface area contributed by atoms with E-state index in [2.05, 4.69) is 0 Å². The van der Waals surface area contributed by atoms with E-state index in [0.29, 0.717) is 6.61 Å². The van der Waals surface area contributed by atoms with Crippen LogP contribution in [0.5, 0.6) is 0 Å². The van der Waals surface area contributed by atoms with Gasteiger partial charge in [-0.2, -0.15) is 0 Å². The van der Waals surface area contributed by atoms with E-state index in [1.165, 1.54) is 0 Å². The average Bonchev–Trinajstić information content (AvgIpc) is 3.33. The number of hydrogen-bond acceptors (Lipinski definition) is 3. The molecule has 0 saturated heterocycles. The Balaban J connectivity index is 1.62. The lowest BCUT2D eigenvalue weighted by Crippen LogP contribution is -2.49. The Morgan fingerprint density at radius 2 is 1.86 bits per heavy atom. The van der Waals surface area contributed by atoms with Gasteiger partial charge in [0.05, 0.1) is 12.1 Å². The van der Waals surface area contributed by atoms with E-state index >= 15 is 0 Å². The Bertz CT molecular complexity index is 472. The third-order valence-corrected chi connectivity index (χ3v) is 4.41. The van der Waals surface area contributed by atoms with Gasteiger partial charge in [-0.3, -0.25) is 4.90 Å². The molecule has 0 aliphatic heterocycles. The number of carbonyl (C=O) groups is 1. The predicted molar refractivity (Wildman–Crippen MR) is 79.8 cm³/mol. The number of amides is 1. The summed E-state index contributed by atoms with van der Waals surface area (Å²) in [6, 6.07) is 9.93. The van der Waals surface area contributed by atoms with Crippen molar-refractivity contribution in [2.45, 2.75) is 63.3 Å². The van der Waals surface area contributed by atoms with E-state index < -0.39 is 6.10 Å². The number of aliphatic hydroxyl groups excluding tert-OH is 1. The average molecular weight is 289 g/mol. The van der Waals surface area contributed by atoms with Gasteiger partial charge in [-0.05, 0) is 31.2 Å². The summed E-state index contributed by atoms with van der Waals surface area (Å²) < 4.78 is 5.47. The minimum absolute atomic E-state index is 0.0606. The van der Waals surface area contributed by atoms with Gasteiger partial charge in [0, 0.05) is 6.04 Å². The summed E-state index contributed by atoms with van der Waals surface area (Å²) in [5.74, 6) is 0. The largest absolute Gasteiger partial charge is 0.445 e. The third kappa shape index (κ3) is 3.56. The number of hydrogen-bond donors (Lipinski definition) is 1. The molecular formula is C17H23NO3. The smallest absolute Gasteiger partial charge is 0.410 e. The molecule has 2 fully saturated rings. The molecule has 2 aliphatic rings. The lowest BCUT2D eigenvalue weighted by atomic mass is 9.91. The first-order valence-electron chi connectivity index (χ1n) is 7.93. The fourth-order valence-corrected chi connectivity index (χ4v) is 3.12. The van der Waals surface area contributed by atoms with Crippen LogP contribution in [-0.4, -0.2) is 34.3 Å². The maximum Gasteiger partial charge on any atom is 0.410 e. The number of ether oxygens (including phenoxy) is 1. The van der Waals surface area contributed by atoms with Gasteiger partial charge in [-0.1, -0.05) is 43.2 Å². The van der Waals surface area contributed by atoms with Crippen LogP contribution in [0, 0.1) is 0 Å². The maximum absolute atomic E-state index is 12.4. The van der Waals surface area contributed by atoms with E-state index in [0.717, 1.165) is 44.1 Å². The number of benzene rings is 1. The molecule has 4 nitrogen and oxygen atoms in total. The summed E-state index contributed by atoms with van der Waals surface area (Å²) in [5, 5.41) is 10.2. The highest BCUT2D eigenvalue weighted by molar-refractivity contribution is 5.69. The summed E-state index contributed by atoms with van der Waals surface area (Å²) in [6.45, 7) is 0.297. The van der Waals surface area contributed by atoms with Crippen molar-refractivity contribution in [1.29, 1.82) is 0 Å². The summed E-state index contributed by atoms with van der Waals surface area (Å²) >= 11 is 0. The molecule has 3 rings (SSSR count). The van der Waals surface area contributed by atoms with E-state index in [-0.39, 0.29) is 18.2 Å². The Morgan fingerprint density at radius 1 is 1.14 bits per heavy atom. The van der Waals surface area contributed by atoms with Crippen molar-refractivity contribution < 1.29 is 14.6 Å². The standard InChI is InChI=1S/C17H23NO3/c19-16-9-5-4-8-15(16)18(14-10-11-14)17(20)21-12-13-6-2-1-3-7-13/h1-3,6-7,14-16,19H,4-5,8-12H2/t15-,16-/m1/s1. The molecule has 4 heteroatoms. The van der Waals surface area contributed by atoms with E-state index in [9.17, 15) is 9.90 Å². The molecule has 1 N–H and O–H groups in total. The van der Waals surface area contributed by atoms with Crippen molar-refractivity contribution in [2.24, 2.45) is 0 Å². The van der Waals surface area contributed by atoms with Crippen LogP contribution in [0.1, 0.15) is 44.1 Å². The Labute approximate surface area is 125 Å². The number of carbonyl (C=O) groups excluding carboxylic acids is 1. The first-order valence-corrected chi connectivity index (χ1v) is 7.93. The quantitative estimate of drug-likeness (QED) is 0.926. The van der Waals surface area contributed by atoms with Crippen LogP contribution in [0.2, 0.25) is 0 Å². The normalized spacial score (nSPS) is 25.4. The van der Waals surface area contributed by atoms with Crippen molar-refractivity contribution in [1.82, 2.24) is 4.90 Å². The van der Waals surface area contributed by atoms with E-state index in [4.69, 9.17) is 4.74 Å². The zero-order chi connectivity index (χ0) is 14.7. The molecule has 0 aromatic heterocycles. The summed E-state index contributed by atoms with van der Waals surface area (Å²) in [5.41, 5.74) is 0.991. The maximum atomic E-state index is 12.4. The van der Waals surface area contributed by atoms with Crippen molar-refractivity contribution in [2.75, 3.05) is 0 Å². The summed E-state index contributed by atoms with van der Waals surface area (Å²) in [4.78, 5) is 14.2. The number of nitrogens with zero attached hydrogens (tertiary/aromatic N) is 1. The second-order valence-corrected chi connectivity index (χ2v) is 6.10. The lowest BCUT2D eigenvalue weighted by molar-refractivity contribution is 0.00723. The molecule has 2 aliphatic carbocycles. The SMILES string of the molecule is O=C(OCc1ccccc1)N(C1CC1)[C@@H]1CCCC[C@H]1O. The highest BCUT2D eigenvalue weighted by Crippen LogP contribution is 2.34. The first-order chi connectivity index (χ1) is 10.3. The number of aliphatic hydroxyl groups is 1. The van der Waals surface area contributed by atoms with Gasteiger partial charge < -0.3 is 9.84 Å². The molecule has 2 saturated carbocycles. The monoisotopic (exact) mass is 289 g/mol. The second-order valence-electron chi connectivity index (χ2n) is 6.10. The fraction of sp³-hybridized carbons (Fsp3) is 0.588. The summed E-state index contributed by atoms with van der Waals surface area (Å²) in [6.07, 6.45) is 5.20. The van der Waals surface area contributed by atoms with Crippen LogP contribution in [0.15, 0.2) is 30.3 Å². The molecule has 0 heterocycles. The first kappa shape index (κ1) is 14.4. The topological polar surface area (TPSA) is 49.8 Å². The zero-order valence-corrected chi connectivity index (χ0v) is 12.3. The lowest BCUT2D eigenvalue weighted by Gasteiger charge is -2.37. The molecule has 0 unspecified atom stereocenters. The highest BCUT2D eigenvalue weighted by atomic mass is 16.6. The van der Waals surface area contributed by atoms with Gasteiger partial charge in [-0.15, -0.1) is 0 Å². The highest BCUT2D eigenvalue weighted by Gasteiger charge is 2.41. The van der Waals surface area contributed by atoms with Gasteiger partial charge >= 0.3 is 6.09 Å². The molecule has 114 valence electrons. The van der Waals surface area contributed by atoms with Gasteiger partial charge in [0.15, 0.2) is 0 Å². The molecular weight excluding hydrogens is 266 g/mol. The van der Waals surface area contributed by atoms with Crippen molar-refractivity contribution in [3.63, 3.8) is 0 Å². The van der Waals surface area contributed by atoms with Gasteiger partial charge in [0.1, 0.15) is 6.61 Å². The fourth-order valence-electron chi connectivity index (χ4n) is 3.12. The van der Waals surface area contributed by atoms with Gasteiger partial charge in [0.25, 0.3) is 0 Å². The minimum atomic E-state index is -0.399. The van der Waals surface area contributed by atoms with E-state index in [1.807, 2.05) is 35.2 Å². The molecule has 1 amide bonds. The van der Waals surface area contributed by atoms with Crippen molar-refractivity contribution in [3.05, 3.63) is 35.9 Å². The minimum Gasteiger partial charge on any atom is -0.445 e. The Morgan fingerprint density at radius 3 is 2.52 bits per heavy atom. The molecule has 0 radical (unpaired) electrons. The third-order valence-electron chi connectivity index (χ3n) is 4.41. The predicted octanol–water partition coefficient (Wildman–Crippen LogP) is 3.09. The second kappa shape index (κ2) is 6.48.